The molecule has 13 heavy (non-hydrogen) atoms. The number of carbonyl (C=O) groups is 1. The molecule has 0 unspecified atom stereocenters. The molecule has 0 saturated carbocycles. The third-order valence-corrected chi connectivity index (χ3v) is 2.49. The van der Waals surface area contributed by atoms with E-state index >= 15 is 0 Å². The highest BCUT2D eigenvalue weighted by atomic mass is 16.4. The van der Waals surface area contributed by atoms with Crippen LogP contribution in [0.4, 0.5) is 4.79 Å². The molecule has 0 aromatic heterocycles. The van der Waals surface area contributed by atoms with E-state index in [2.05, 4.69) is 0 Å². The highest BCUT2D eigenvalue weighted by Gasteiger charge is 2.20. The summed E-state index contributed by atoms with van der Waals surface area (Å²) in [5.74, 6) is 0.607. The third-order valence-electron chi connectivity index (χ3n) is 2.49. The van der Waals surface area contributed by atoms with E-state index in [1.54, 1.807) is 6.20 Å². The molecule has 1 heterocycles. The molecule has 1 aliphatic rings. The maximum atomic E-state index is 10.6. The van der Waals surface area contributed by atoms with Gasteiger partial charge in [0, 0.05) is 13.1 Å². The summed E-state index contributed by atoms with van der Waals surface area (Å²) >= 11 is 0. The monoisotopic (exact) mass is 184 g/mol. The number of likely N-dealkylation sites (tertiary alicyclic amines) is 1. The number of carboxylic acid groups (broad SMARTS) is 1. The van der Waals surface area contributed by atoms with Crippen molar-refractivity contribution >= 4 is 6.09 Å². The molecular formula is C9H16N2O2. The van der Waals surface area contributed by atoms with Crippen LogP contribution in [-0.4, -0.2) is 29.2 Å². The Balaban J connectivity index is 2.26. The second-order valence-electron chi connectivity index (χ2n) is 3.38. The molecule has 4 nitrogen and oxygen atoms in total. The minimum absolute atomic E-state index is 0.607. The molecule has 0 radical (unpaired) electrons. The molecule has 1 aliphatic heterocycles. The smallest absolute Gasteiger partial charge is 0.407 e. The number of allylic oxidation sites excluding steroid dienone is 1. The van der Waals surface area contributed by atoms with Gasteiger partial charge in [-0.05, 0) is 31.4 Å². The van der Waals surface area contributed by atoms with E-state index in [1.807, 2.05) is 6.08 Å². The Morgan fingerprint density at radius 3 is 2.62 bits per heavy atom. The first-order valence-electron chi connectivity index (χ1n) is 4.58. The molecule has 1 saturated heterocycles. The highest BCUT2D eigenvalue weighted by Crippen LogP contribution is 2.20. The maximum absolute atomic E-state index is 10.6. The van der Waals surface area contributed by atoms with Crippen molar-refractivity contribution in [2.45, 2.75) is 19.3 Å². The van der Waals surface area contributed by atoms with Crippen LogP contribution in [0, 0.1) is 5.92 Å². The summed E-state index contributed by atoms with van der Waals surface area (Å²) in [6.07, 6.45) is 5.59. The van der Waals surface area contributed by atoms with Gasteiger partial charge in [-0.25, -0.2) is 4.79 Å². The Labute approximate surface area is 78.0 Å². The van der Waals surface area contributed by atoms with Crippen molar-refractivity contribution in [3.63, 3.8) is 0 Å². The van der Waals surface area contributed by atoms with E-state index in [0.29, 0.717) is 19.0 Å². The van der Waals surface area contributed by atoms with Crippen molar-refractivity contribution in [3.05, 3.63) is 12.3 Å². The van der Waals surface area contributed by atoms with Crippen molar-refractivity contribution in [2.75, 3.05) is 13.1 Å². The molecule has 0 aromatic carbocycles. The number of nitrogens with zero attached hydrogens (tertiary/aromatic N) is 1. The Bertz CT molecular complexity index is 196. The second-order valence-corrected chi connectivity index (χ2v) is 3.38. The molecule has 0 atom stereocenters. The van der Waals surface area contributed by atoms with E-state index in [4.69, 9.17) is 10.8 Å². The van der Waals surface area contributed by atoms with Crippen LogP contribution >= 0.6 is 0 Å². The summed E-state index contributed by atoms with van der Waals surface area (Å²) < 4.78 is 0. The van der Waals surface area contributed by atoms with Crippen LogP contribution in [0.3, 0.4) is 0 Å². The fourth-order valence-corrected chi connectivity index (χ4v) is 1.63. The largest absolute Gasteiger partial charge is 0.465 e. The second kappa shape index (κ2) is 4.74. The summed E-state index contributed by atoms with van der Waals surface area (Å²) in [6, 6.07) is 0. The van der Waals surface area contributed by atoms with Gasteiger partial charge in [-0.2, -0.15) is 0 Å². The van der Waals surface area contributed by atoms with Gasteiger partial charge in [0.1, 0.15) is 0 Å². The van der Waals surface area contributed by atoms with Gasteiger partial charge in [0.15, 0.2) is 0 Å². The first-order chi connectivity index (χ1) is 6.24. The molecule has 3 N–H and O–H groups in total. The fraction of sp³-hybridized carbons (Fsp3) is 0.667. The average Bonchev–Trinajstić information content (AvgIpc) is 2.15. The lowest BCUT2D eigenvalue weighted by atomic mass is 9.94. The molecular weight excluding hydrogens is 168 g/mol. The highest BCUT2D eigenvalue weighted by molar-refractivity contribution is 5.64. The molecule has 0 bridgehead atoms. The summed E-state index contributed by atoms with van der Waals surface area (Å²) in [4.78, 5) is 12.0. The first-order valence-corrected chi connectivity index (χ1v) is 4.58. The molecule has 4 heteroatoms. The normalized spacial score (nSPS) is 19.5. The van der Waals surface area contributed by atoms with E-state index in [0.717, 1.165) is 19.3 Å². The fourth-order valence-electron chi connectivity index (χ4n) is 1.63. The minimum atomic E-state index is -0.798. The predicted octanol–water partition coefficient (Wildman–Crippen LogP) is 1.24. The molecule has 1 amide bonds. The quantitative estimate of drug-likeness (QED) is 0.678. The summed E-state index contributed by atoms with van der Waals surface area (Å²) in [6.45, 7) is 1.33. The summed E-state index contributed by atoms with van der Waals surface area (Å²) in [5.41, 5.74) is 5.24. The number of hydrogen-bond donors (Lipinski definition) is 2. The Kier molecular flexibility index (Phi) is 3.61. The topological polar surface area (TPSA) is 66.6 Å². The van der Waals surface area contributed by atoms with Crippen LogP contribution in [0.25, 0.3) is 0 Å². The zero-order chi connectivity index (χ0) is 9.68. The van der Waals surface area contributed by atoms with E-state index < -0.39 is 6.09 Å². The van der Waals surface area contributed by atoms with Gasteiger partial charge in [0.05, 0.1) is 0 Å². The maximum Gasteiger partial charge on any atom is 0.407 e. The Morgan fingerprint density at radius 1 is 1.54 bits per heavy atom. The SMILES string of the molecule is NC=CCC1CCN(C(=O)O)CC1. The zero-order valence-corrected chi connectivity index (χ0v) is 7.65. The van der Waals surface area contributed by atoms with Crippen molar-refractivity contribution in [1.82, 2.24) is 4.90 Å². The number of nitrogens with two attached hydrogens (primary N) is 1. The Morgan fingerprint density at radius 2 is 2.15 bits per heavy atom. The first kappa shape index (κ1) is 9.89. The van der Waals surface area contributed by atoms with Crippen LogP contribution in [0.2, 0.25) is 0 Å². The van der Waals surface area contributed by atoms with Crippen LogP contribution < -0.4 is 5.73 Å². The number of hydrogen-bond acceptors (Lipinski definition) is 2. The number of piperidine rings is 1. The molecule has 0 aliphatic carbocycles. The lowest BCUT2D eigenvalue weighted by molar-refractivity contribution is 0.125. The molecule has 1 rings (SSSR count). The molecule has 74 valence electrons. The third kappa shape index (κ3) is 2.97. The van der Waals surface area contributed by atoms with Gasteiger partial charge < -0.3 is 15.7 Å². The van der Waals surface area contributed by atoms with Gasteiger partial charge in [-0.3, -0.25) is 0 Å². The van der Waals surface area contributed by atoms with Crippen LogP contribution in [0.15, 0.2) is 12.3 Å². The van der Waals surface area contributed by atoms with Crippen molar-refractivity contribution in [3.8, 4) is 0 Å². The van der Waals surface area contributed by atoms with Gasteiger partial charge in [0.2, 0.25) is 0 Å². The average molecular weight is 184 g/mol. The van der Waals surface area contributed by atoms with Crippen LogP contribution in [0.1, 0.15) is 19.3 Å². The van der Waals surface area contributed by atoms with Crippen molar-refractivity contribution < 1.29 is 9.90 Å². The summed E-state index contributed by atoms with van der Waals surface area (Å²) in [7, 11) is 0. The van der Waals surface area contributed by atoms with Gasteiger partial charge in [-0.15, -0.1) is 0 Å². The molecule has 0 aromatic rings. The van der Waals surface area contributed by atoms with Crippen molar-refractivity contribution in [1.29, 1.82) is 0 Å². The van der Waals surface area contributed by atoms with E-state index in [-0.39, 0.29) is 0 Å². The number of rotatable bonds is 2. The Hall–Kier alpha value is -1.19. The zero-order valence-electron chi connectivity index (χ0n) is 7.65. The lowest BCUT2D eigenvalue weighted by Gasteiger charge is -2.29. The van der Waals surface area contributed by atoms with E-state index in [1.165, 1.54) is 4.90 Å². The summed E-state index contributed by atoms with van der Waals surface area (Å²) in [5, 5.41) is 8.69. The van der Waals surface area contributed by atoms with Crippen LogP contribution in [0.5, 0.6) is 0 Å². The number of amides is 1. The van der Waals surface area contributed by atoms with Crippen molar-refractivity contribution in [2.24, 2.45) is 11.7 Å². The lowest BCUT2D eigenvalue weighted by Crippen LogP contribution is -2.37. The molecule has 1 fully saturated rings. The molecule has 0 spiro atoms. The van der Waals surface area contributed by atoms with E-state index in [9.17, 15) is 4.79 Å². The predicted molar refractivity (Wildman–Crippen MR) is 50.3 cm³/mol. The van der Waals surface area contributed by atoms with Gasteiger partial charge >= 0.3 is 6.09 Å². The standard InChI is InChI=1S/C9H16N2O2/c10-5-1-2-8-3-6-11(7-4-8)9(12)13/h1,5,8H,2-4,6-7,10H2,(H,12,13). The minimum Gasteiger partial charge on any atom is -0.465 e. The van der Waals surface area contributed by atoms with Gasteiger partial charge in [0.25, 0.3) is 0 Å². The van der Waals surface area contributed by atoms with Gasteiger partial charge in [-0.1, -0.05) is 6.08 Å². The van der Waals surface area contributed by atoms with Crippen LogP contribution in [-0.2, 0) is 0 Å².